The molecule has 0 spiro atoms. The van der Waals surface area contributed by atoms with Gasteiger partial charge in [-0.25, -0.2) is 4.79 Å². The lowest BCUT2D eigenvalue weighted by molar-refractivity contribution is -0.139. The van der Waals surface area contributed by atoms with E-state index in [9.17, 15) is 22.8 Å². The van der Waals surface area contributed by atoms with Crippen LogP contribution in [0.3, 0.4) is 0 Å². The van der Waals surface area contributed by atoms with E-state index in [1.54, 1.807) is 39.8 Å². The van der Waals surface area contributed by atoms with Gasteiger partial charge >= 0.3 is 12.1 Å². The highest BCUT2D eigenvalue weighted by molar-refractivity contribution is 5.93. The maximum absolute atomic E-state index is 14.4. The maximum Gasteiger partial charge on any atom is 0.416 e. The lowest BCUT2D eigenvalue weighted by atomic mass is 9.79. The highest BCUT2D eigenvalue weighted by Crippen LogP contribution is 2.41. The van der Waals surface area contributed by atoms with Crippen LogP contribution < -0.4 is 5.32 Å². The number of esters is 1. The molecule has 2 aromatic rings. The number of hydrogen-bond acceptors (Lipinski definition) is 3. The maximum atomic E-state index is 14.4. The molecule has 210 valence electrons. The van der Waals surface area contributed by atoms with Crippen molar-refractivity contribution in [3.05, 3.63) is 46.6 Å². The molecule has 1 fully saturated rings. The minimum Gasteiger partial charge on any atom is -0.462 e. The molecule has 8 heteroatoms. The highest BCUT2D eigenvalue weighted by Gasteiger charge is 2.42. The van der Waals surface area contributed by atoms with Gasteiger partial charge in [0.25, 0.3) is 0 Å². The predicted molar refractivity (Wildman–Crippen MR) is 143 cm³/mol. The normalized spacial score (nSPS) is 15.4. The van der Waals surface area contributed by atoms with Gasteiger partial charge < -0.3 is 14.6 Å². The van der Waals surface area contributed by atoms with E-state index in [0.717, 1.165) is 31.7 Å². The first-order valence-electron chi connectivity index (χ1n) is 13.5. The van der Waals surface area contributed by atoms with Crippen molar-refractivity contribution in [2.75, 3.05) is 6.61 Å². The molecule has 38 heavy (non-hydrogen) atoms. The fourth-order valence-electron chi connectivity index (χ4n) is 5.27. The minimum absolute atomic E-state index is 0.0942. The number of rotatable bonds is 7. The molecule has 1 aliphatic rings. The fraction of sp³-hybridized carbons (Fsp3) is 0.600. The number of nitrogens with one attached hydrogen (secondary N) is 1. The highest BCUT2D eigenvalue weighted by atomic mass is 19.4. The van der Waals surface area contributed by atoms with Gasteiger partial charge in [0.05, 0.1) is 23.1 Å². The molecule has 3 rings (SSSR count). The second-order valence-electron chi connectivity index (χ2n) is 12.0. The van der Waals surface area contributed by atoms with E-state index in [2.05, 4.69) is 5.32 Å². The van der Waals surface area contributed by atoms with Crippen molar-refractivity contribution < 1.29 is 27.5 Å². The zero-order valence-corrected chi connectivity index (χ0v) is 23.6. The molecular formula is C30H41F3N2O3. The molecular weight excluding hydrogens is 493 g/mol. The van der Waals surface area contributed by atoms with Crippen molar-refractivity contribution in [2.45, 2.75) is 104 Å². The van der Waals surface area contributed by atoms with Crippen LogP contribution in [-0.4, -0.2) is 28.6 Å². The number of carbonyl (C=O) groups excluding carboxylic acids is 2. The first-order valence-corrected chi connectivity index (χ1v) is 13.5. The van der Waals surface area contributed by atoms with Crippen LogP contribution >= 0.6 is 0 Å². The van der Waals surface area contributed by atoms with Crippen LogP contribution in [0.15, 0.2) is 24.3 Å². The molecule has 0 aliphatic heterocycles. The van der Waals surface area contributed by atoms with Crippen molar-refractivity contribution in [1.82, 2.24) is 9.88 Å². The molecule has 0 atom stereocenters. The molecule has 1 saturated carbocycles. The Hall–Kier alpha value is -2.77. The summed E-state index contributed by atoms with van der Waals surface area (Å²) in [4.78, 5) is 25.7. The number of carbonyl (C=O) groups is 2. The van der Waals surface area contributed by atoms with Gasteiger partial charge in [-0.2, -0.15) is 13.2 Å². The average molecular weight is 535 g/mol. The van der Waals surface area contributed by atoms with E-state index in [4.69, 9.17) is 4.74 Å². The fourth-order valence-corrected chi connectivity index (χ4v) is 5.27. The third-order valence-electron chi connectivity index (χ3n) is 7.38. The summed E-state index contributed by atoms with van der Waals surface area (Å²) < 4.78 is 50.5. The molecule has 1 aliphatic carbocycles. The van der Waals surface area contributed by atoms with Gasteiger partial charge in [0.2, 0.25) is 5.91 Å². The molecule has 5 nitrogen and oxygen atoms in total. The third-order valence-corrected chi connectivity index (χ3v) is 7.38. The van der Waals surface area contributed by atoms with E-state index in [1.165, 1.54) is 26.3 Å². The predicted octanol–water partition coefficient (Wildman–Crippen LogP) is 7.43. The van der Waals surface area contributed by atoms with Crippen molar-refractivity contribution in [3.63, 3.8) is 0 Å². The van der Waals surface area contributed by atoms with Gasteiger partial charge in [0.1, 0.15) is 0 Å². The topological polar surface area (TPSA) is 60.3 Å². The van der Waals surface area contributed by atoms with Crippen LogP contribution in [0, 0.1) is 12.8 Å². The summed E-state index contributed by atoms with van der Waals surface area (Å²) in [7, 11) is 0. The Kier molecular flexibility index (Phi) is 8.74. The number of benzene rings is 1. The Morgan fingerprint density at radius 1 is 1.00 bits per heavy atom. The van der Waals surface area contributed by atoms with Crippen LogP contribution in [0.2, 0.25) is 0 Å². The third kappa shape index (κ3) is 6.62. The zero-order chi connectivity index (χ0) is 28.5. The summed E-state index contributed by atoms with van der Waals surface area (Å²) in [6.45, 7) is 12.8. The molecule has 0 unspecified atom stereocenters. The number of amides is 1. The van der Waals surface area contributed by atoms with Gasteiger partial charge in [-0.3, -0.25) is 4.79 Å². The van der Waals surface area contributed by atoms with Crippen molar-refractivity contribution >= 4 is 11.9 Å². The summed E-state index contributed by atoms with van der Waals surface area (Å²) in [5.74, 6) is -0.573. The summed E-state index contributed by atoms with van der Waals surface area (Å²) in [6, 6.07) is 5.78. The van der Waals surface area contributed by atoms with Gasteiger partial charge in [-0.05, 0) is 90.5 Å². The van der Waals surface area contributed by atoms with Crippen molar-refractivity contribution in [3.8, 4) is 11.3 Å². The van der Waals surface area contributed by atoms with E-state index in [0.29, 0.717) is 35.0 Å². The minimum atomic E-state index is -4.68. The van der Waals surface area contributed by atoms with Crippen LogP contribution in [0.4, 0.5) is 13.2 Å². The van der Waals surface area contributed by atoms with Crippen LogP contribution in [0.25, 0.3) is 11.3 Å². The summed E-state index contributed by atoms with van der Waals surface area (Å²) in [5, 5.41) is 2.81. The lowest BCUT2D eigenvalue weighted by Gasteiger charge is -2.32. The molecule has 1 aromatic carbocycles. The van der Waals surface area contributed by atoms with Gasteiger partial charge in [0, 0.05) is 23.5 Å². The zero-order valence-electron chi connectivity index (χ0n) is 23.6. The van der Waals surface area contributed by atoms with E-state index < -0.39 is 34.6 Å². The molecule has 1 N–H and O–H groups in total. The largest absolute Gasteiger partial charge is 0.462 e. The molecule has 0 bridgehead atoms. The molecule has 0 saturated heterocycles. The number of hydrogen-bond donors (Lipinski definition) is 1. The Balaban J connectivity index is 2.15. The van der Waals surface area contributed by atoms with Crippen LogP contribution in [0.5, 0.6) is 0 Å². The van der Waals surface area contributed by atoms with Crippen LogP contribution in [-0.2, 0) is 27.7 Å². The molecule has 1 amide bonds. The monoisotopic (exact) mass is 534 g/mol. The Bertz CT molecular complexity index is 1170. The SMILES string of the molecule is CCOC(=O)c1cc(-c2ccc(C(C)(C)C(=O)NC(C)(C)C)c(C(F)(F)F)c2)n(CC2CCCCC2)c1C. The molecule has 0 radical (unpaired) electrons. The number of halogens is 3. The molecule has 1 heterocycles. The van der Waals surface area contributed by atoms with E-state index >= 15 is 0 Å². The second kappa shape index (κ2) is 11.1. The number of aromatic nitrogens is 1. The van der Waals surface area contributed by atoms with E-state index in [1.807, 2.05) is 11.5 Å². The lowest BCUT2D eigenvalue weighted by Crippen LogP contribution is -2.49. The Morgan fingerprint density at radius 3 is 2.18 bits per heavy atom. The van der Waals surface area contributed by atoms with Gasteiger partial charge in [-0.1, -0.05) is 31.4 Å². The Labute approximate surface area is 224 Å². The summed E-state index contributed by atoms with van der Waals surface area (Å²) in [6.07, 6.45) is 0.875. The van der Waals surface area contributed by atoms with Gasteiger partial charge in [0.15, 0.2) is 0 Å². The second-order valence-corrected chi connectivity index (χ2v) is 12.0. The average Bonchev–Trinajstić information content (AvgIpc) is 3.14. The van der Waals surface area contributed by atoms with Crippen LogP contribution in [0.1, 0.15) is 101 Å². The number of nitrogens with zero attached hydrogens (tertiary/aromatic N) is 1. The summed E-state index contributed by atoms with van der Waals surface area (Å²) in [5.41, 5.74) is -1.02. The van der Waals surface area contributed by atoms with Crippen molar-refractivity contribution in [1.29, 1.82) is 0 Å². The smallest absolute Gasteiger partial charge is 0.416 e. The Morgan fingerprint density at radius 2 is 1.63 bits per heavy atom. The standard InChI is InChI=1S/C30H41F3N2O3/c1-8-38-26(36)22-17-25(35(19(22)2)18-20-12-10-9-11-13-20)21-14-15-23(24(16-21)30(31,32)33)29(6,7)27(37)34-28(3,4)5/h14-17,20H,8-13,18H2,1-7H3,(H,34,37). The number of alkyl halides is 3. The van der Waals surface area contributed by atoms with Crippen molar-refractivity contribution in [2.24, 2.45) is 5.92 Å². The first-order chi connectivity index (χ1) is 17.6. The quantitative estimate of drug-likeness (QED) is 0.376. The first kappa shape index (κ1) is 29.8. The summed E-state index contributed by atoms with van der Waals surface area (Å²) >= 11 is 0. The number of ether oxygens (including phenoxy) is 1. The van der Waals surface area contributed by atoms with E-state index in [-0.39, 0.29) is 12.2 Å². The molecule has 1 aromatic heterocycles. The van der Waals surface area contributed by atoms with Gasteiger partial charge in [-0.15, -0.1) is 0 Å².